The standard InChI is InChI=1S/C14H12Cl2N2O/c1-9-5-6-10(19-9)8-18-12-4-2-3-11(16)14(12)17-13(18)7-15/h2-6H,7-8H2,1H3. The lowest BCUT2D eigenvalue weighted by atomic mass is 10.3. The van der Waals surface area contributed by atoms with Gasteiger partial charge in [-0.3, -0.25) is 0 Å². The van der Waals surface area contributed by atoms with Gasteiger partial charge in [0, 0.05) is 0 Å². The molecule has 3 aromatic rings. The lowest BCUT2D eigenvalue weighted by Crippen LogP contribution is -2.02. The normalized spacial score (nSPS) is 11.3. The largest absolute Gasteiger partial charge is 0.464 e. The fourth-order valence-electron chi connectivity index (χ4n) is 2.17. The van der Waals surface area contributed by atoms with Crippen molar-refractivity contribution in [3.05, 3.63) is 52.7 Å². The van der Waals surface area contributed by atoms with Crippen molar-refractivity contribution < 1.29 is 4.42 Å². The molecule has 0 atom stereocenters. The molecular weight excluding hydrogens is 283 g/mol. The van der Waals surface area contributed by atoms with E-state index < -0.39 is 0 Å². The van der Waals surface area contributed by atoms with Crippen molar-refractivity contribution in [3.63, 3.8) is 0 Å². The summed E-state index contributed by atoms with van der Waals surface area (Å²) in [6.07, 6.45) is 0. The summed E-state index contributed by atoms with van der Waals surface area (Å²) in [6, 6.07) is 9.64. The van der Waals surface area contributed by atoms with Crippen molar-refractivity contribution in [1.82, 2.24) is 9.55 Å². The van der Waals surface area contributed by atoms with Crippen molar-refractivity contribution in [2.24, 2.45) is 0 Å². The lowest BCUT2D eigenvalue weighted by Gasteiger charge is -2.05. The van der Waals surface area contributed by atoms with Crippen molar-refractivity contribution in [2.75, 3.05) is 0 Å². The van der Waals surface area contributed by atoms with E-state index in [2.05, 4.69) is 4.98 Å². The number of furan rings is 1. The van der Waals surface area contributed by atoms with Gasteiger partial charge in [-0.15, -0.1) is 11.6 Å². The highest BCUT2D eigenvalue weighted by Crippen LogP contribution is 2.25. The van der Waals surface area contributed by atoms with E-state index in [1.54, 1.807) is 0 Å². The number of hydrogen-bond donors (Lipinski definition) is 0. The second-order valence-electron chi connectivity index (χ2n) is 4.37. The number of alkyl halides is 1. The van der Waals surface area contributed by atoms with E-state index in [9.17, 15) is 0 Å². The molecule has 0 bridgehead atoms. The quantitative estimate of drug-likeness (QED) is 0.671. The zero-order valence-electron chi connectivity index (χ0n) is 10.4. The molecule has 0 aliphatic rings. The van der Waals surface area contributed by atoms with Gasteiger partial charge in [0.25, 0.3) is 0 Å². The minimum absolute atomic E-state index is 0.338. The molecule has 0 radical (unpaired) electrons. The second-order valence-corrected chi connectivity index (χ2v) is 5.04. The van der Waals surface area contributed by atoms with Crippen molar-refractivity contribution in [1.29, 1.82) is 0 Å². The van der Waals surface area contributed by atoms with Crippen LogP contribution in [0.1, 0.15) is 17.3 Å². The third-order valence-corrected chi connectivity index (χ3v) is 3.58. The van der Waals surface area contributed by atoms with Gasteiger partial charge in [0.15, 0.2) is 0 Å². The van der Waals surface area contributed by atoms with E-state index >= 15 is 0 Å². The molecule has 0 aliphatic heterocycles. The zero-order chi connectivity index (χ0) is 13.4. The minimum atomic E-state index is 0.338. The van der Waals surface area contributed by atoms with Gasteiger partial charge < -0.3 is 8.98 Å². The van der Waals surface area contributed by atoms with E-state index in [1.807, 2.05) is 41.8 Å². The van der Waals surface area contributed by atoms with E-state index in [0.29, 0.717) is 17.4 Å². The molecule has 0 fully saturated rings. The molecule has 2 heterocycles. The summed E-state index contributed by atoms with van der Waals surface area (Å²) in [4.78, 5) is 4.49. The number of rotatable bonds is 3. The monoisotopic (exact) mass is 294 g/mol. The number of imidazole rings is 1. The predicted octanol–water partition coefficient (Wildman–Crippen LogP) is 4.38. The van der Waals surface area contributed by atoms with E-state index in [0.717, 1.165) is 28.4 Å². The molecule has 0 N–H and O–H groups in total. The molecular formula is C14H12Cl2N2O. The van der Waals surface area contributed by atoms with Gasteiger partial charge in [0.05, 0.1) is 23.0 Å². The summed E-state index contributed by atoms with van der Waals surface area (Å²) in [7, 11) is 0. The van der Waals surface area contributed by atoms with E-state index in [4.69, 9.17) is 27.6 Å². The van der Waals surface area contributed by atoms with Crippen molar-refractivity contribution in [3.8, 4) is 0 Å². The van der Waals surface area contributed by atoms with E-state index in [1.165, 1.54) is 0 Å². The summed E-state index contributed by atoms with van der Waals surface area (Å²) >= 11 is 12.1. The molecule has 0 amide bonds. The number of nitrogens with zero attached hydrogens (tertiary/aromatic N) is 2. The van der Waals surface area contributed by atoms with Gasteiger partial charge in [0.2, 0.25) is 0 Å². The van der Waals surface area contributed by atoms with Crippen LogP contribution in [0.3, 0.4) is 0 Å². The predicted molar refractivity (Wildman–Crippen MR) is 76.8 cm³/mol. The minimum Gasteiger partial charge on any atom is -0.464 e. The first-order chi connectivity index (χ1) is 9.19. The summed E-state index contributed by atoms with van der Waals surface area (Å²) in [6.45, 7) is 2.53. The molecule has 0 aliphatic carbocycles. The van der Waals surface area contributed by atoms with Crippen LogP contribution in [0.4, 0.5) is 0 Å². The molecule has 3 rings (SSSR count). The Kier molecular flexibility index (Phi) is 3.25. The first-order valence-electron chi connectivity index (χ1n) is 5.94. The molecule has 0 unspecified atom stereocenters. The fourth-order valence-corrected chi connectivity index (χ4v) is 2.58. The highest BCUT2D eigenvalue weighted by molar-refractivity contribution is 6.35. The van der Waals surface area contributed by atoms with Crippen LogP contribution in [0.2, 0.25) is 5.02 Å². The van der Waals surface area contributed by atoms with Crippen LogP contribution >= 0.6 is 23.2 Å². The Morgan fingerprint density at radius 3 is 2.79 bits per heavy atom. The number of aryl methyl sites for hydroxylation is 1. The number of benzene rings is 1. The van der Waals surface area contributed by atoms with Gasteiger partial charge >= 0.3 is 0 Å². The fraction of sp³-hybridized carbons (Fsp3) is 0.214. The van der Waals surface area contributed by atoms with Crippen LogP contribution in [0.25, 0.3) is 11.0 Å². The molecule has 2 aromatic heterocycles. The maximum absolute atomic E-state index is 6.16. The molecule has 0 saturated heterocycles. The average molecular weight is 295 g/mol. The Labute approximate surface area is 120 Å². The Morgan fingerprint density at radius 2 is 2.11 bits per heavy atom. The molecule has 0 saturated carbocycles. The topological polar surface area (TPSA) is 31.0 Å². The number of halogens is 2. The number of fused-ring (bicyclic) bond motifs is 1. The van der Waals surface area contributed by atoms with Gasteiger partial charge in [-0.25, -0.2) is 4.98 Å². The summed E-state index contributed by atoms with van der Waals surface area (Å²) in [5.74, 6) is 2.90. The molecule has 0 spiro atoms. The first kappa shape index (κ1) is 12.6. The summed E-state index contributed by atoms with van der Waals surface area (Å²) in [5.41, 5.74) is 1.75. The maximum Gasteiger partial charge on any atom is 0.125 e. The molecule has 3 nitrogen and oxygen atoms in total. The van der Waals surface area contributed by atoms with Crippen LogP contribution < -0.4 is 0 Å². The van der Waals surface area contributed by atoms with Crippen LogP contribution in [0, 0.1) is 6.92 Å². The SMILES string of the molecule is Cc1ccc(Cn2c(CCl)nc3c(Cl)cccc32)o1. The average Bonchev–Trinajstić information content (AvgIpc) is 2.96. The number of aromatic nitrogens is 2. The molecule has 1 aromatic carbocycles. The van der Waals surface area contributed by atoms with Gasteiger partial charge in [-0.1, -0.05) is 17.7 Å². The maximum atomic E-state index is 6.16. The Morgan fingerprint density at radius 1 is 1.26 bits per heavy atom. The van der Waals surface area contributed by atoms with Crippen LogP contribution in [0.15, 0.2) is 34.7 Å². The van der Waals surface area contributed by atoms with Gasteiger partial charge in [0.1, 0.15) is 22.9 Å². The molecule has 98 valence electrons. The Balaban J connectivity index is 2.13. The van der Waals surface area contributed by atoms with Crippen LogP contribution in [-0.2, 0) is 12.4 Å². The van der Waals surface area contributed by atoms with Crippen LogP contribution in [-0.4, -0.2) is 9.55 Å². The van der Waals surface area contributed by atoms with Gasteiger partial charge in [-0.05, 0) is 31.2 Å². The Hall–Kier alpha value is -1.45. The van der Waals surface area contributed by atoms with Crippen LogP contribution in [0.5, 0.6) is 0 Å². The number of hydrogen-bond acceptors (Lipinski definition) is 2. The number of para-hydroxylation sites is 1. The summed E-state index contributed by atoms with van der Waals surface area (Å²) in [5, 5.41) is 0.637. The highest BCUT2D eigenvalue weighted by Gasteiger charge is 2.13. The molecule has 19 heavy (non-hydrogen) atoms. The second kappa shape index (κ2) is 4.91. The van der Waals surface area contributed by atoms with E-state index in [-0.39, 0.29) is 0 Å². The highest BCUT2D eigenvalue weighted by atomic mass is 35.5. The molecule has 5 heteroatoms. The van der Waals surface area contributed by atoms with Gasteiger partial charge in [-0.2, -0.15) is 0 Å². The lowest BCUT2D eigenvalue weighted by molar-refractivity contribution is 0.470. The summed E-state index contributed by atoms with van der Waals surface area (Å²) < 4.78 is 7.64. The Bertz CT molecular complexity index is 730. The first-order valence-corrected chi connectivity index (χ1v) is 6.85. The third-order valence-electron chi connectivity index (χ3n) is 3.04. The van der Waals surface area contributed by atoms with Crippen molar-refractivity contribution in [2.45, 2.75) is 19.3 Å². The zero-order valence-corrected chi connectivity index (χ0v) is 11.9. The van der Waals surface area contributed by atoms with Crippen molar-refractivity contribution >= 4 is 34.2 Å². The smallest absolute Gasteiger partial charge is 0.125 e. The third kappa shape index (κ3) is 2.24.